The van der Waals surface area contributed by atoms with Crippen LogP contribution in [0.1, 0.15) is 23.3 Å². The summed E-state index contributed by atoms with van der Waals surface area (Å²) < 4.78 is 19.8. The van der Waals surface area contributed by atoms with Gasteiger partial charge in [0.1, 0.15) is 11.5 Å². The van der Waals surface area contributed by atoms with Crippen LogP contribution in [-0.2, 0) is 28.5 Å². The van der Waals surface area contributed by atoms with Gasteiger partial charge in [-0.2, -0.15) is 0 Å². The molecular weight excluding hydrogens is 344 g/mol. The van der Waals surface area contributed by atoms with Gasteiger partial charge in [-0.3, -0.25) is 0 Å². The molecule has 2 aromatic carbocycles. The number of methoxy groups -OCH3 is 4. The summed E-state index contributed by atoms with van der Waals surface area (Å²) in [5.41, 5.74) is 0.302. The lowest BCUT2D eigenvalue weighted by Crippen LogP contribution is -2.18. The fraction of sp³-hybridized carbons (Fsp3) is 0.333. The third-order valence-electron chi connectivity index (χ3n) is 4.06. The van der Waals surface area contributed by atoms with Gasteiger partial charge in [-0.1, -0.05) is 12.1 Å². The molecule has 0 saturated heterocycles. The summed E-state index contributed by atoms with van der Waals surface area (Å²) in [6.07, 6.45) is -2.39. The Bertz CT molecular complexity index is 760. The van der Waals surface area contributed by atoms with E-state index in [1.165, 1.54) is 52.7 Å². The highest BCUT2D eigenvalue weighted by molar-refractivity contribution is 5.98. The largest absolute Gasteiger partial charge is 0.508 e. The van der Waals surface area contributed by atoms with Gasteiger partial charge in [0, 0.05) is 25.3 Å². The molecule has 26 heavy (non-hydrogen) atoms. The Hall–Kier alpha value is -2.84. The van der Waals surface area contributed by atoms with Crippen LogP contribution in [0.2, 0.25) is 0 Å². The molecule has 2 atom stereocenters. The summed E-state index contributed by atoms with van der Waals surface area (Å²) in [6.45, 7) is 0. The molecular formula is C18H20O8. The Labute approximate surface area is 149 Å². The molecule has 0 aliphatic rings. The summed E-state index contributed by atoms with van der Waals surface area (Å²) in [5, 5.41) is 21.4. The van der Waals surface area contributed by atoms with E-state index in [1.54, 1.807) is 0 Å². The second-order valence-corrected chi connectivity index (χ2v) is 5.37. The van der Waals surface area contributed by atoms with E-state index in [1.807, 2.05) is 0 Å². The third-order valence-corrected chi connectivity index (χ3v) is 4.06. The number of phenolic OH excluding ortho intramolecular Hbond substituents is 2. The lowest BCUT2D eigenvalue weighted by Gasteiger charge is -2.21. The molecule has 0 aliphatic heterocycles. The summed E-state index contributed by atoms with van der Waals surface area (Å²) in [7, 11) is 5.00. The predicted octanol–water partition coefficient (Wildman–Crippen LogP) is 1.97. The van der Waals surface area contributed by atoms with Gasteiger partial charge in [0.05, 0.1) is 14.2 Å². The Balaban J connectivity index is 2.83. The number of benzene rings is 2. The lowest BCUT2D eigenvalue weighted by molar-refractivity contribution is -0.153. The number of carbonyl (C=O) groups is 2. The highest BCUT2D eigenvalue weighted by Crippen LogP contribution is 2.41. The van der Waals surface area contributed by atoms with E-state index in [0.29, 0.717) is 10.8 Å². The Kier molecular flexibility index (Phi) is 6.01. The number of aromatic hydroxyl groups is 2. The normalized spacial score (nSPS) is 13.2. The maximum absolute atomic E-state index is 12.0. The van der Waals surface area contributed by atoms with Gasteiger partial charge < -0.3 is 29.2 Å². The number of carbonyl (C=O) groups excluding carboxylic acids is 2. The van der Waals surface area contributed by atoms with Crippen molar-refractivity contribution in [1.29, 1.82) is 0 Å². The summed E-state index contributed by atoms with van der Waals surface area (Å²) in [4.78, 5) is 24.1. The maximum atomic E-state index is 12.0. The van der Waals surface area contributed by atoms with E-state index in [0.717, 1.165) is 0 Å². The van der Waals surface area contributed by atoms with Crippen LogP contribution < -0.4 is 0 Å². The van der Waals surface area contributed by atoms with Crippen molar-refractivity contribution in [1.82, 2.24) is 0 Å². The minimum Gasteiger partial charge on any atom is -0.508 e. The highest BCUT2D eigenvalue weighted by Gasteiger charge is 2.30. The zero-order chi connectivity index (χ0) is 19.4. The molecule has 2 unspecified atom stereocenters. The molecule has 0 aromatic heterocycles. The zero-order valence-electron chi connectivity index (χ0n) is 14.8. The Morgan fingerprint density at radius 2 is 1.08 bits per heavy atom. The molecule has 2 N–H and O–H groups in total. The smallest absolute Gasteiger partial charge is 0.339 e. The Morgan fingerprint density at radius 3 is 1.35 bits per heavy atom. The molecule has 2 aromatic rings. The topological polar surface area (TPSA) is 112 Å². The van der Waals surface area contributed by atoms with Gasteiger partial charge in [0.2, 0.25) is 0 Å². The lowest BCUT2D eigenvalue weighted by atomic mass is 9.93. The van der Waals surface area contributed by atoms with Gasteiger partial charge in [0.15, 0.2) is 12.2 Å². The van der Waals surface area contributed by atoms with Crippen LogP contribution in [-0.4, -0.2) is 50.6 Å². The van der Waals surface area contributed by atoms with Crippen molar-refractivity contribution in [3.05, 3.63) is 35.4 Å². The first kappa shape index (κ1) is 19.5. The van der Waals surface area contributed by atoms with E-state index in [2.05, 4.69) is 0 Å². The van der Waals surface area contributed by atoms with Gasteiger partial charge in [-0.05, 0) is 22.9 Å². The van der Waals surface area contributed by atoms with E-state index >= 15 is 0 Å². The van der Waals surface area contributed by atoms with Crippen molar-refractivity contribution in [2.75, 3.05) is 28.4 Å². The van der Waals surface area contributed by atoms with Crippen molar-refractivity contribution in [3.8, 4) is 11.5 Å². The van der Waals surface area contributed by atoms with E-state index < -0.39 is 24.1 Å². The van der Waals surface area contributed by atoms with E-state index in [9.17, 15) is 19.8 Å². The maximum Gasteiger partial charge on any atom is 0.339 e. The molecule has 0 bridgehead atoms. The SMILES string of the molecule is COC(=O)C(OC)c1c(O)ccc2c(C(OC)C(=O)OC)c(O)ccc12. The van der Waals surface area contributed by atoms with Crippen LogP contribution in [0, 0.1) is 0 Å². The van der Waals surface area contributed by atoms with E-state index in [-0.39, 0.29) is 22.6 Å². The molecule has 0 saturated carbocycles. The molecule has 8 heteroatoms. The summed E-state index contributed by atoms with van der Waals surface area (Å²) in [6, 6.07) is 5.67. The standard InChI is InChI=1S/C18H20O8/c1-23-15(17(21)25-3)13-9-5-8-12(20)14(10(9)6-7-11(13)19)16(24-2)18(22)26-4/h5-8,15-16,19-20H,1-4H3. The number of hydrogen-bond donors (Lipinski definition) is 2. The van der Waals surface area contributed by atoms with Crippen LogP contribution in [0.15, 0.2) is 24.3 Å². The molecule has 8 nitrogen and oxygen atoms in total. The highest BCUT2D eigenvalue weighted by atomic mass is 16.6. The molecule has 0 amide bonds. The minimum atomic E-state index is -1.19. The zero-order valence-corrected chi connectivity index (χ0v) is 14.8. The van der Waals surface area contributed by atoms with Crippen LogP contribution in [0.25, 0.3) is 10.8 Å². The van der Waals surface area contributed by atoms with Crippen molar-refractivity contribution >= 4 is 22.7 Å². The van der Waals surface area contributed by atoms with Crippen molar-refractivity contribution in [2.45, 2.75) is 12.2 Å². The van der Waals surface area contributed by atoms with Crippen molar-refractivity contribution < 1.29 is 38.7 Å². The molecule has 0 heterocycles. The quantitative estimate of drug-likeness (QED) is 0.749. The number of fused-ring (bicyclic) bond motifs is 1. The number of phenols is 2. The fourth-order valence-electron chi connectivity index (χ4n) is 2.86. The summed E-state index contributed by atoms with van der Waals surface area (Å²) >= 11 is 0. The van der Waals surface area contributed by atoms with Crippen LogP contribution >= 0.6 is 0 Å². The molecule has 0 spiro atoms. The predicted molar refractivity (Wildman–Crippen MR) is 90.8 cm³/mol. The van der Waals surface area contributed by atoms with Crippen LogP contribution in [0.4, 0.5) is 0 Å². The van der Waals surface area contributed by atoms with Crippen molar-refractivity contribution in [2.24, 2.45) is 0 Å². The second kappa shape index (κ2) is 8.03. The third kappa shape index (κ3) is 3.29. The molecule has 2 rings (SSSR count). The molecule has 140 valence electrons. The van der Waals surface area contributed by atoms with Crippen LogP contribution in [0.5, 0.6) is 11.5 Å². The van der Waals surface area contributed by atoms with Gasteiger partial charge >= 0.3 is 11.9 Å². The average molecular weight is 364 g/mol. The van der Waals surface area contributed by atoms with Gasteiger partial charge in [-0.25, -0.2) is 9.59 Å². The summed E-state index contributed by atoms with van der Waals surface area (Å²) in [5.74, 6) is -1.81. The first-order chi connectivity index (χ1) is 12.4. The van der Waals surface area contributed by atoms with Crippen molar-refractivity contribution in [3.63, 3.8) is 0 Å². The number of esters is 2. The Morgan fingerprint density at radius 1 is 0.731 bits per heavy atom. The molecule has 0 radical (unpaired) electrons. The van der Waals surface area contributed by atoms with E-state index in [4.69, 9.17) is 18.9 Å². The number of hydrogen-bond acceptors (Lipinski definition) is 8. The molecule has 0 fully saturated rings. The first-order valence-corrected chi connectivity index (χ1v) is 7.59. The van der Waals surface area contributed by atoms with Crippen LogP contribution in [0.3, 0.4) is 0 Å². The number of ether oxygens (including phenoxy) is 4. The minimum absolute atomic E-state index is 0.151. The first-order valence-electron chi connectivity index (χ1n) is 7.59. The monoisotopic (exact) mass is 364 g/mol. The second-order valence-electron chi connectivity index (χ2n) is 5.37. The average Bonchev–Trinajstić information content (AvgIpc) is 2.65. The van der Waals surface area contributed by atoms with Gasteiger partial charge in [-0.15, -0.1) is 0 Å². The molecule has 0 aliphatic carbocycles. The van der Waals surface area contributed by atoms with Gasteiger partial charge in [0.25, 0.3) is 0 Å². The fourth-order valence-corrected chi connectivity index (χ4v) is 2.86. The number of rotatable bonds is 6.